The molecule has 3 aromatic rings. The van der Waals surface area contributed by atoms with Crippen molar-refractivity contribution in [3.8, 4) is 17.0 Å². The molecule has 2 amide bonds. The molecule has 2 aromatic heterocycles. The summed E-state index contributed by atoms with van der Waals surface area (Å²) in [5, 5.41) is 15.5. The number of aliphatic hydroxyl groups is 1. The molecule has 1 fully saturated rings. The molecule has 0 saturated carbocycles. The van der Waals surface area contributed by atoms with Gasteiger partial charge in [0.1, 0.15) is 23.8 Å². The first-order chi connectivity index (χ1) is 20.6. The fourth-order valence-electron chi connectivity index (χ4n) is 4.50. The van der Waals surface area contributed by atoms with Crippen molar-refractivity contribution in [3.63, 3.8) is 0 Å². The molecule has 1 aliphatic rings. The molecule has 246 valence electrons. The van der Waals surface area contributed by atoms with E-state index in [0.717, 1.165) is 29.0 Å². The minimum absolute atomic E-state index is 0.197. The van der Waals surface area contributed by atoms with Gasteiger partial charge in [-0.05, 0) is 31.2 Å². The normalized spacial score (nSPS) is 19.1. The summed E-state index contributed by atoms with van der Waals surface area (Å²) in [6.07, 6.45) is -17.7. The summed E-state index contributed by atoms with van der Waals surface area (Å²) in [6.45, 7) is -3.01. The number of amides is 2. The van der Waals surface area contributed by atoms with Gasteiger partial charge in [-0.2, -0.15) is 44.6 Å². The monoisotopic (exact) mass is 660 g/mol. The van der Waals surface area contributed by atoms with Gasteiger partial charge < -0.3 is 25.8 Å². The molecule has 3 atom stereocenters. The molecule has 0 radical (unpaired) electrons. The van der Waals surface area contributed by atoms with Gasteiger partial charge >= 0.3 is 18.5 Å². The van der Waals surface area contributed by atoms with Crippen LogP contribution in [0.25, 0.3) is 16.8 Å². The summed E-state index contributed by atoms with van der Waals surface area (Å²) in [5.74, 6) is -3.85. The molecule has 0 spiro atoms. The number of fused-ring (bicyclic) bond motifs is 1. The molecule has 45 heavy (non-hydrogen) atoms. The summed E-state index contributed by atoms with van der Waals surface area (Å²) < 4.78 is 139. The van der Waals surface area contributed by atoms with E-state index in [9.17, 15) is 58.6 Å². The van der Waals surface area contributed by atoms with Crippen molar-refractivity contribution >= 4 is 23.1 Å². The minimum atomic E-state index is -5.19. The van der Waals surface area contributed by atoms with Gasteiger partial charge in [0.25, 0.3) is 5.91 Å². The number of carbonyl (C=O) groups is 2. The van der Waals surface area contributed by atoms with Crippen LogP contribution < -0.4 is 15.8 Å². The molecule has 4 N–H and O–H groups in total. The lowest BCUT2D eigenvalue weighted by atomic mass is 10.0. The van der Waals surface area contributed by atoms with Gasteiger partial charge in [-0.3, -0.25) is 9.59 Å². The predicted octanol–water partition coefficient (Wildman–Crippen LogP) is 3.92. The van der Waals surface area contributed by atoms with Gasteiger partial charge in [-0.25, -0.2) is 13.9 Å². The Hall–Kier alpha value is -4.36. The number of anilines is 1. The number of rotatable bonds is 7. The third-order valence-corrected chi connectivity index (χ3v) is 6.82. The number of halogens is 10. The van der Waals surface area contributed by atoms with Gasteiger partial charge in [-0.1, -0.05) is 0 Å². The highest BCUT2D eigenvalue weighted by Crippen LogP contribution is 2.39. The fourth-order valence-corrected chi connectivity index (χ4v) is 4.50. The average molecular weight is 660 g/mol. The minimum Gasteiger partial charge on any atom is -0.483 e. The SMILES string of the molecule is CC(O)(CC(=O)N1C[C@H](F)[C@H](NC(=O)c2cc(-c3cc(C(F)(F)F)c4c(N)ncnn34)ccc2OCC(F)(F)F)C1)C(F)(F)F. The van der Waals surface area contributed by atoms with E-state index >= 15 is 0 Å². The Kier molecular flexibility index (Phi) is 8.59. The van der Waals surface area contributed by atoms with Crippen molar-refractivity contribution in [2.45, 2.75) is 49.7 Å². The van der Waals surface area contributed by atoms with Gasteiger partial charge in [0.2, 0.25) is 5.91 Å². The van der Waals surface area contributed by atoms with Crippen LogP contribution in [0.15, 0.2) is 30.6 Å². The van der Waals surface area contributed by atoms with Gasteiger partial charge in [0.15, 0.2) is 18.0 Å². The number of nitrogens with zero attached hydrogens (tertiary/aromatic N) is 4. The van der Waals surface area contributed by atoms with Gasteiger partial charge in [0, 0.05) is 12.1 Å². The van der Waals surface area contributed by atoms with Crippen molar-refractivity contribution in [3.05, 3.63) is 41.7 Å². The molecular weight excluding hydrogens is 638 g/mol. The number of alkyl halides is 10. The van der Waals surface area contributed by atoms with E-state index in [-0.39, 0.29) is 11.3 Å². The maximum atomic E-state index is 14.8. The summed E-state index contributed by atoms with van der Waals surface area (Å²) >= 11 is 0. The second kappa shape index (κ2) is 11.5. The molecule has 3 heterocycles. The number of nitrogens with two attached hydrogens (primary N) is 1. The van der Waals surface area contributed by atoms with Crippen LogP contribution >= 0.6 is 0 Å². The highest BCUT2D eigenvalue weighted by atomic mass is 19.4. The topological polar surface area (TPSA) is 135 Å². The lowest BCUT2D eigenvalue weighted by Gasteiger charge is -2.27. The Bertz CT molecular complexity index is 1600. The molecule has 1 unspecified atom stereocenters. The largest absolute Gasteiger partial charge is 0.483 e. The zero-order chi connectivity index (χ0) is 33.7. The number of nitrogen functional groups attached to an aromatic ring is 1. The lowest BCUT2D eigenvalue weighted by Crippen LogP contribution is -2.47. The number of nitrogens with one attached hydrogen (secondary N) is 1. The Morgan fingerprint density at radius 1 is 1.09 bits per heavy atom. The van der Waals surface area contributed by atoms with E-state index in [1.54, 1.807) is 0 Å². The van der Waals surface area contributed by atoms with Crippen LogP contribution in [0.1, 0.15) is 29.3 Å². The van der Waals surface area contributed by atoms with Crippen LogP contribution in [0, 0.1) is 0 Å². The molecule has 20 heteroatoms. The highest BCUT2D eigenvalue weighted by molar-refractivity contribution is 5.98. The van der Waals surface area contributed by atoms with Crippen molar-refractivity contribution < 1.29 is 63.3 Å². The van der Waals surface area contributed by atoms with Crippen LogP contribution in [0.4, 0.5) is 49.7 Å². The predicted molar refractivity (Wildman–Crippen MR) is 133 cm³/mol. The van der Waals surface area contributed by atoms with E-state index in [2.05, 4.69) is 15.4 Å². The third-order valence-electron chi connectivity index (χ3n) is 6.82. The molecule has 0 bridgehead atoms. The first-order valence-corrected chi connectivity index (χ1v) is 12.6. The Morgan fingerprint density at radius 2 is 1.76 bits per heavy atom. The molecule has 1 aromatic carbocycles. The highest BCUT2D eigenvalue weighted by Gasteiger charge is 2.52. The standard InChI is InChI=1S/C25H22F10N6O4/c1-22(44,25(33,34)35)6-18(42)40-7-14(26)15(8-40)39-21(43)12-4-11(2-3-17(12)45-9-23(27,28)29)16-5-13(24(30,31)32)19-20(36)37-10-38-41(16)19/h2-5,10,14-15,44H,6-9H2,1H3,(H,39,43)(H2,36,37,38)/t14-,15+,22?/m0/s1. The number of hydrogen-bond donors (Lipinski definition) is 3. The smallest absolute Gasteiger partial charge is 0.422 e. The Labute approximate surface area is 245 Å². The summed E-state index contributed by atoms with van der Waals surface area (Å²) in [4.78, 5) is 29.7. The van der Waals surface area contributed by atoms with E-state index in [4.69, 9.17) is 10.5 Å². The van der Waals surface area contributed by atoms with E-state index < -0.39 is 102 Å². The molecule has 1 aliphatic heterocycles. The van der Waals surface area contributed by atoms with Crippen molar-refractivity contribution in [1.82, 2.24) is 24.8 Å². The van der Waals surface area contributed by atoms with Crippen LogP contribution in [0.5, 0.6) is 5.75 Å². The number of aromatic nitrogens is 3. The Balaban J connectivity index is 1.67. The van der Waals surface area contributed by atoms with E-state index in [1.807, 2.05) is 0 Å². The summed E-state index contributed by atoms with van der Waals surface area (Å²) in [7, 11) is 0. The zero-order valence-corrected chi connectivity index (χ0v) is 22.7. The second-order valence-electron chi connectivity index (χ2n) is 10.3. The van der Waals surface area contributed by atoms with Crippen LogP contribution in [0.2, 0.25) is 0 Å². The van der Waals surface area contributed by atoms with E-state index in [0.29, 0.717) is 17.9 Å². The Morgan fingerprint density at radius 3 is 2.36 bits per heavy atom. The summed E-state index contributed by atoms with van der Waals surface area (Å²) in [6, 6.07) is 1.77. The van der Waals surface area contributed by atoms with Crippen molar-refractivity contribution in [1.29, 1.82) is 0 Å². The number of carbonyl (C=O) groups excluding carboxylic acids is 2. The number of benzene rings is 1. The van der Waals surface area contributed by atoms with Crippen LogP contribution in [-0.4, -0.2) is 86.3 Å². The lowest BCUT2D eigenvalue weighted by molar-refractivity contribution is -0.254. The molecule has 1 saturated heterocycles. The maximum Gasteiger partial charge on any atom is 0.422 e. The molecule has 10 nitrogen and oxygen atoms in total. The molecular formula is C25H22F10N6O4. The van der Waals surface area contributed by atoms with Crippen LogP contribution in [0.3, 0.4) is 0 Å². The fraction of sp³-hybridized carbons (Fsp3) is 0.440. The summed E-state index contributed by atoms with van der Waals surface area (Å²) in [5.41, 5.74) is -0.938. The zero-order valence-electron chi connectivity index (χ0n) is 22.7. The van der Waals surface area contributed by atoms with Gasteiger partial charge in [0.05, 0.1) is 35.8 Å². The van der Waals surface area contributed by atoms with E-state index in [1.165, 1.54) is 0 Å². The maximum absolute atomic E-state index is 14.8. The second-order valence-corrected chi connectivity index (χ2v) is 10.3. The van der Waals surface area contributed by atoms with Gasteiger partial charge in [-0.15, -0.1) is 0 Å². The molecule has 4 rings (SSSR count). The quantitative estimate of drug-likeness (QED) is 0.327. The molecule has 0 aliphatic carbocycles. The van der Waals surface area contributed by atoms with Crippen molar-refractivity contribution in [2.24, 2.45) is 0 Å². The first-order valence-electron chi connectivity index (χ1n) is 12.6. The van der Waals surface area contributed by atoms with Crippen LogP contribution in [-0.2, 0) is 11.0 Å². The third kappa shape index (κ3) is 7.15. The number of likely N-dealkylation sites (tertiary alicyclic amines) is 1. The average Bonchev–Trinajstić information content (AvgIpc) is 3.48. The number of ether oxygens (including phenoxy) is 1. The van der Waals surface area contributed by atoms with Crippen molar-refractivity contribution in [2.75, 3.05) is 25.4 Å². The number of hydrogen-bond acceptors (Lipinski definition) is 7. The first kappa shape index (κ1) is 33.5.